The highest BCUT2D eigenvalue weighted by Gasteiger charge is 2.20. The van der Waals surface area contributed by atoms with E-state index in [1.54, 1.807) is 6.92 Å². The fraction of sp³-hybridized carbons (Fsp3) is 0.643. The third-order valence-electron chi connectivity index (χ3n) is 3.29. The number of amides is 1. The van der Waals surface area contributed by atoms with Crippen molar-refractivity contribution in [2.75, 3.05) is 36.4 Å². The van der Waals surface area contributed by atoms with Gasteiger partial charge < -0.3 is 15.1 Å². The number of rotatable bonds is 3. The van der Waals surface area contributed by atoms with Crippen molar-refractivity contribution < 1.29 is 4.79 Å². The summed E-state index contributed by atoms with van der Waals surface area (Å²) in [4.78, 5) is 24.4. The van der Waals surface area contributed by atoms with Crippen LogP contribution in [0, 0.1) is 6.92 Å². The molecule has 0 bridgehead atoms. The minimum absolute atomic E-state index is 0.136. The number of nitrogens with zero attached hydrogens (tertiary/aromatic N) is 4. The molecule has 0 atom stereocenters. The molecule has 0 saturated carbocycles. The summed E-state index contributed by atoms with van der Waals surface area (Å²) in [6.45, 7) is 10.8. The summed E-state index contributed by atoms with van der Waals surface area (Å²) in [5.74, 6) is 1.74. The molecule has 1 N–H and O–H groups in total. The maximum Gasteiger partial charge on any atom is 0.227 e. The number of carbonyl (C=O) groups is 1. The molecule has 20 heavy (non-hydrogen) atoms. The lowest BCUT2D eigenvalue weighted by Gasteiger charge is -2.34. The van der Waals surface area contributed by atoms with Gasteiger partial charge in [0.1, 0.15) is 5.82 Å². The van der Waals surface area contributed by atoms with E-state index in [1.807, 2.05) is 17.9 Å². The average molecular weight is 277 g/mol. The van der Waals surface area contributed by atoms with Crippen molar-refractivity contribution in [2.45, 2.75) is 33.7 Å². The first-order valence-corrected chi connectivity index (χ1v) is 7.08. The number of anilines is 2. The molecule has 1 aliphatic rings. The maximum atomic E-state index is 11.3. The van der Waals surface area contributed by atoms with Crippen molar-refractivity contribution in [3.05, 3.63) is 11.8 Å². The van der Waals surface area contributed by atoms with Crippen LogP contribution in [0.1, 0.15) is 26.5 Å². The van der Waals surface area contributed by atoms with Crippen LogP contribution in [-0.4, -0.2) is 53.0 Å². The minimum Gasteiger partial charge on any atom is -0.368 e. The van der Waals surface area contributed by atoms with Gasteiger partial charge in [-0.25, -0.2) is 4.98 Å². The van der Waals surface area contributed by atoms with Gasteiger partial charge in [0.25, 0.3) is 0 Å². The first-order valence-electron chi connectivity index (χ1n) is 7.08. The summed E-state index contributed by atoms with van der Waals surface area (Å²) in [5.41, 5.74) is 0.951. The summed E-state index contributed by atoms with van der Waals surface area (Å²) in [7, 11) is 0. The first kappa shape index (κ1) is 14.6. The second-order valence-corrected chi connectivity index (χ2v) is 5.49. The number of carbonyl (C=O) groups excluding carboxylic acids is 1. The molecule has 1 saturated heterocycles. The standard InChI is InChI=1S/C14H23N5O/c1-10(2)15-13-9-11(3)16-14(17-13)19-7-5-18(6-8-19)12(4)20/h9-10H,5-8H2,1-4H3,(H,15,16,17). The van der Waals surface area contributed by atoms with E-state index < -0.39 is 0 Å². The summed E-state index contributed by atoms with van der Waals surface area (Å²) in [6, 6.07) is 2.29. The molecule has 6 heteroatoms. The third-order valence-corrected chi connectivity index (χ3v) is 3.29. The van der Waals surface area contributed by atoms with E-state index in [9.17, 15) is 4.79 Å². The molecule has 1 fully saturated rings. The summed E-state index contributed by atoms with van der Waals surface area (Å²) in [6.07, 6.45) is 0. The molecule has 1 aromatic heterocycles. The zero-order valence-corrected chi connectivity index (χ0v) is 12.7. The fourth-order valence-electron chi connectivity index (χ4n) is 2.29. The number of hydrogen-bond acceptors (Lipinski definition) is 5. The summed E-state index contributed by atoms with van der Waals surface area (Å²) < 4.78 is 0. The summed E-state index contributed by atoms with van der Waals surface area (Å²) in [5, 5.41) is 3.31. The van der Waals surface area contributed by atoms with Crippen LogP contribution in [0.15, 0.2) is 6.07 Å². The Kier molecular flexibility index (Phi) is 4.42. The molecular formula is C14H23N5O. The molecule has 2 rings (SSSR count). The second-order valence-electron chi connectivity index (χ2n) is 5.49. The van der Waals surface area contributed by atoms with Gasteiger partial charge in [-0.15, -0.1) is 0 Å². The fourth-order valence-corrected chi connectivity index (χ4v) is 2.29. The first-order chi connectivity index (χ1) is 9.45. The maximum absolute atomic E-state index is 11.3. The highest BCUT2D eigenvalue weighted by atomic mass is 16.2. The van der Waals surface area contributed by atoms with Gasteiger partial charge in [-0.05, 0) is 20.8 Å². The van der Waals surface area contributed by atoms with Crippen LogP contribution in [0.2, 0.25) is 0 Å². The van der Waals surface area contributed by atoms with Crippen LogP contribution in [0.5, 0.6) is 0 Å². The van der Waals surface area contributed by atoms with Crippen LogP contribution in [-0.2, 0) is 4.79 Å². The Bertz CT molecular complexity index is 480. The Balaban J connectivity index is 2.09. The Morgan fingerprint density at radius 2 is 1.90 bits per heavy atom. The number of aromatic nitrogens is 2. The van der Waals surface area contributed by atoms with E-state index >= 15 is 0 Å². The zero-order chi connectivity index (χ0) is 14.7. The molecule has 0 aliphatic carbocycles. The van der Waals surface area contributed by atoms with Crippen molar-refractivity contribution >= 4 is 17.7 Å². The molecule has 0 unspecified atom stereocenters. The van der Waals surface area contributed by atoms with Crippen LogP contribution < -0.4 is 10.2 Å². The number of nitrogens with one attached hydrogen (secondary N) is 1. The third kappa shape index (κ3) is 3.59. The number of aryl methyl sites for hydroxylation is 1. The number of piperazine rings is 1. The van der Waals surface area contributed by atoms with E-state index in [1.165, 1.54) is 0 Å². The van der Waals surface area contributed by atoms with Crippen LogP contribution in [0.4, 0.5) is 11.8 Å². The normalized spacial score (nSPS) is 15.7. The molecule has 0 aromatic carbocycles. The molecule has 0 radical (unpaired) electrons. The molecule has 110 valence electrons. The predicted octanol–water partition coefficient (Wildman–Crippen LogP) is 1.27. The van der Waals surface area contributed by atoms with Gasteiger partial charge in [0, 0.05) is 50.9 Å². The smallest absolute Gasteiger partial charge is 0.227 e. The monoisotopic (exact) mass is 277 g/mol. The molecule has 6 nitrogen and oxygen atoms in total. The Labute approximate surface area is 120 Å². The highest BCUT2D eigenvalue weighted by molar-refractivity contribution is 5.73. The van der Waals surface area contributed by atoms with Gasteiger partial charge in [-0.1, -0.05) is 0 Å². The molecule has 1 aromatic rings. The van der Waals surface area contributed by atoms with Gasteiger partial charge in [0.05, 0.1) is 0 Å². The van der Waals surface area contributed by atoms with E-state index in [4.69, 9.17) is 0 Å². The molecule has 1 aliphatic heterocycles. The average Bonchev–Trinajstić information content (AvgIpc) is 2.37. The zero-order valence-electron chi connectivity index (χ0n) is 12.7. The van der Waals surface area contributed by atoms with Crippen molar-refractivity contribution in [1.29, 1.82) is 0 Å². The van der Waals surface area contributed by atoms with E-state index in [0.717, 1.165) is 43.6 Å². The van der Waals surface area contributed by atoms with Crippen LogP contribution >= 0.6 is 0 Å². The SMILES string of the molecule is CC(=O)N1CCN(c2nc(C)cc(NC(C)C)n2)CC1. The van der Waals surface area contributed by atoms with Gasteiger partial charge in [-0.3, -0.25) is 4.79 Å². The number of hydrogen-bond donors (Lipinski definition) is 1. The minimum atomic E-state index is 0.136. The van der Waals surface area contributed by atoms with Gasteiger partial charge in [-0.2, -0.15) is 4.98 Å². The van der Waals surface area contributed by atoms with Crippen LogP contribution in [0.3, 0.4) is 0 Å². The lowest BCUT2D eigenvalue weighted by molar-refractivity contribution is -0.129. The van der Waals surface area contributed by atoms with Gasteiger partial charge in [0.15, 0.2) is 0 Å². The van der Waals surface area contributed by atoms with Crippen molar-refractivity contribution in [2.24, 2.45) is 0 Å². The predicted molar refractivity (Wildman–Crippen MR) is 80.0 cm³/mol. The van der Waals surface area contributed by atoms with Crippen molar-refractivity contribution in [3.8, 4) is 0 Å². The molecule has 0 spiro atoms. The van der Waals surface area contributed by atoms with Crippen molar-refractivity contribution in [1.82, 2.24) is 14.9 Å². The van der Waals surface area contributed by atoms with E-state index in [-0.39, 0.29) is 5.91 Å². The second kappa shape index (κ2) is 6.07. The van der Waals surface area contributed by atoms with Gasteiger partial charge >= 0.3 is 0 Å². The molecule has 1 amide bonds. The topological polar surface area (TPSA) is 61.4 Å². The largest absolute Gasteiger partial charge is 0.368 e. The Hall–Kier alpha value is -1.85. The van der Waals surface area contributed by atoms with Gasteiger partial charge in [0.2, 0.25) is 11.9 Å². The quantitative estimate of drug-likeness (QED) is 0.901. The van der Waals surface area contributed by atoms with E-state index in [0.29, 0.717) is 6.04 Å². The van der Waals surface area contributed by atoms with Crippen LogP contribution in [0.25, 0.3) is 0 Å². The Morgan fingerprint density at radius 3 is 2.45 bits per heavy atom. The lowest BCUT2D eigenvalue weighted by atomic mass is 10.3. The lowest BCUT2D eigenvalue weighted by Crippen LogP contribution is -2.48. The van der Waals surface area contributed by atoms with E-state index in [2.05, 4.69) is 34.0 Å². The highest BCUT2D eigenvalue weighted by Crippen LogP contribution is 2.16. The molecule has 2 heterocycles. The molecular weight excluding hydrogens is 254 g/mol. The summed E-state index contributed by atoms with van der Waals surface area (Å²) >= 11 is 0. The van der Waals surface area contributed by atoms with Crippen molar-refractivity contribution in [3.63, 3.8) is 0 Å². The Morgan fingerprint density at radius 1 is 1.25 bits per heavy atom.